The van der Waals surface area contributed by atoms with E-state index < -0.39 is 0 Å². The van der Waals surface area contributed by atoms with Crippen LogP contribution in [0.25, 0.3) is 0 Å². The van der Waals surface area contributed by atoms with Gasteiger partial charge in [-0.3, -0.25) is 14.7 Å². The van der Waals surface area contributed by atoms with E-state index in [9.17, 15) is 4.79 Å². The average Bonchev–Trinajstić information content (AvgIpc) is 3.10. The van der Waals surface area contributed by atoms with Gasteiger partial charge in [-0.05, 0) is 58.2 Å². The number of guanidine groups is 1. The summed E-state index contributed by atoms with van der Waals surface area (Å²) in [5.74, 6) is 1.34. The van der Waals surface area contributed by atoms with Crippen LogP contribution in [0.2, 0.25) is 0 Å². The number of aliphatic imine (C=N–C) groups is 1. The number of carbonyl (C=O) groups is 1. The molecule has 186 valence electrons. The highest BCUT2D eigenvalue weighted by molar-refractivity contribution is 14.0. The monoisotopic (exact) mass is 562 g/mol. The van der Waals surface area contributed by atoms with Gasteiger partial charge in [0.2, 0.25) is 5.91 Å². The zero-order valence-corrected chi connectivity index (χ0v) is 22.7. The Balaban J connectivity index is 0.00000363. The van der Waals surface area contributed by atoms with E-state index in [0.717, 1.165) is 51.8 Å². The fourth-order valence-electron chi connectivity index (χ4n) is 5.08. The van der Waals surface area contributed by atoms with Gasteiger partial charge in [0.25, 0.3) is 0 Å². The minimum absolute atomic E-state index is 0. The topological polar surface area (TPSA) is 54.4 Å². The lowest BCUT2D eigenvalue weighted by Crippen LogP contribution is -2.54. The summed E-state index contributed by atoms with van der Waals surface area (Å²) in [6.45, 7) is 11.1. The van der Waals surface area contributed by atoms with E-state index in [1.165, 1.54) is 83.8 Å². The molecule has 32 heavy (non-hydrogen) atoms. The SMILES string of the molecule is CN=C(NCCCCCN1CCCCC1)N1CCN(CC(=O)N2CCCCCC2)CC1.I. The standard InChI is InChI=1S/C24H46N6O.HI/c1-25-24(26-12-6-4-7-13-27-14-8-5-9-15-27)30-20-18-28(19-21-30)22-23(31)29-16-10-2-3-11-17-29;/h2-22H2,1H3,(H,25,26);1H. The number of piperidine rings is 1. The summed E-state index contributed by atoms with van der Waals surface area (Å²) in [6.07, 6.45) is 12.9. The normalized spacial score (nSPS) is 21.7. The van der Waals surface area contributed by atoms with E-state index in [1.54, 1.807) is 0 Å². The maximum Gasteiger partial charge on any atom is 0.236 e. The first kappa shape index (κ1) is 27.6. The van der Waals surface area contributed by atoms with Gasteiger partial charge in [0.05, 0.1) is 6.54 Å². The van der Waals surface area contributed by atoms with Crippen LogP contribution in [0.5, 0.6) is 0 Å². The summed E-state index contributed by atoms with van der Waals surface area (Å²) in [7, 11) is 1.88. The lowest BCUT2D eigenvalue weighted by molar-refractivity contribution is -0.132. The molecule has 7 nitrogen and oxygen atoms in total. The minimum Gasteiger partial charge on any atom is -0.356 e. The van der Waals surface area contributed by atoms with Gasteiger partial charge in [0.15, 0.2) is 5.96 Å². The molecule has 0 unspecified atom stereocenters. The number of piperazine rings is 1. The highest BCUT2D eigenvalue weighted by Crippen LogP contribution is 2.12. The molecule has 3 aliphatic heterocycles. The van der Waals surface area contributed by atoms with Crippen molar-refractivity contribution >= 4 is 35.8 Å². The van der Waals surface area contributed by atoms with Crippen molar-refractivity contribution < 1.29 is 4.79 Å². The van der Waals surface area contributed by atoms with Crippen LogP contribution in [0.4, 0.5) is 0 Å². The third kappa shape index (κ3) is 9.71. The van der Waals surface area contributed by atoms with Gasteiger partial charge in [-0.25, -0.2) is 0 Å². The van der Waals surface area contributed by atoms with Crippen molar-refractivity contribution in [1.29, 1.82) is 0 Å². The van der Waals surface area contributed by atoms with Gasteiger partial charge in [0.1, 0.15) is 0 Å². The smallest absolute Gasteiger partial charge is 0.236 e. The highest BCUT2D eigenvalue weighted by atomic mass is 127. The number of rotatable bonds is 8. The van der Waals surface area contributed by atoms with Crippen LogP contribution in [0, 0.1) is 0 Å². The fourth-order valence-corrected chi connectivity index (χ4v) is 5.08. The van der Waals surface area contributed by atoms with Crippen LogP contribution in [0.1, 0.15) is 64.2 Å². The predicted octanol–water partition coefficient (Wildman–Crippen LogP) is 2.86. The molecule has 0 bridgehead atoms. The minimum atomic E-state index is 0. The van der Waals surface area contributed by atoms with Crippen LogP contribution in [0.15, 0.2) is 4.99 Å². The van der Waals surface area contributed by atoms with Crippen molar-refractivity contribution in [2.24, 2.45) is 4.99 Å². The van der Waals surface area contributed by atoms with Crippen molar-refractivity contribution in [2.45, 2.75) is 64.2 Å². The Hall–Kier alpha value is -0.610. The van der Waals surface area contributed by atoms with Gasteiger partial charge in [-0.15, -0.1) is 24.0 Å². The molecule has 3 aliphatic rings. The summed E-state index contributed by atoms with van der Waals surface area (Å²) in [5.41, 5.74) is 0. The Kier molecular flexibility index (Phi) is 13.9. The molecule has 0 saturated carbocycles. The lowest BCUT2D eigenvalue weighted by atomic mass is 10.1. The Morgan fingerprint density at radius 2 is 1.34 bits per heavy atom. The highest BCUT2D eigenvalue weighted by Gasteiger charge is 2.23. The third-order valence-corrected chi connectivity index (χ3v) is 7.08. The molecule has 0 aromatic heterocycles. The Bertz CT molecular complexity index is 539. The lowest BCUT2D eigenvalue weighted by Gasteiger charge is -2.37. The molecular weight excluding hydrogens is 515 g/mol. The number of hydrogen-bond acceptors (Lipinski definition) is 4. The first-order valence-electron chi connectivity index (χ1n) is 12.9. The van der Waals surface area contributed by atoms with E-state index in [1.807, 2.05) is 7.05 Å². The van der Waals surface area contributed by atoms with Gasteiger partial charge in [-0.2, -0.15) is 0 Å². The summed E-state index contributed by atoms with van der Waals surface area (Å²) in [4.78, 5) is 26.5. The molecule has 0 spiro atoms. The fraction of sp³-hybridized carbons (Fsp3) is 0.917. The maximum atomic E-state index is 12.7. The van der Waals surface area contributed by atoms with Gasteiger partial charge in [0, 0.05) is 52.9 Å². The zero-order chi connectivity index (χ0) is 21.7. The third-order valence-electron chi connectivity index (χ3n) is 7.08. The van der Waals surface area contributed by atoms with E-state index in [0.29, 0.717) is 12.5 Å². The first-order chi connectivity index (χ1) is 15.3. The largest absolute Gasteiger partial charge is 0.356 e. The number of carbonyl (C=O) groups excluding carboxylic acids is 1. The number of amides is 1. The molecule has 8 heteroatoms. The van der Waals surface area contributed by atoms with Crippen LogP contribution >= 0.6 is 24.0 Å². The molecule has 0 aromatic rings. The van der Waals surface area contributed by atoms with Gasteiger partial charge in [-0.1, -0.05) is 25.7 Å². The molecule has 0 aliphatic carbocycles. The molecule has 0 aromatic carbocycles. The molecule has 1 amide bonds. The summed E-state index contributed by atoms with van der Waals surface area (Å²) in [6, 6.07) is 0. The number of nitrogens with zero attached hydrogens (tertiary/aromatic N) is 5. The van der Waals surface area contributed by atoms with Crippen LogP contribution < -0.4 is 5.32 Å². The van der Waals surface area contributed by atoms with Gasteiger partial charge >= 0.3 is 0 Å². The second-order valence-electron chi connectivity index (χ2n) is 9.50. The Morgan fingerprint density at radius 3 is 2.00 bits per heavy atom. The summed E-state index contributed by atoms with van der Waals surface area (Å²) >= 11 is 0. The molecule has 0 radical (unpaired) electrons. The number of nitrogens with one attached hydrogen (secondary N) is 1. The quantitative estimate of drug-likeness (QED) is 0.214. The average molecular weight is 563 g/mol. The van der Waals surface area contributed by atoms with Crippen molar-refractivity contribution in [2.75, 3.05) is 79.0 Å². The van der Waals surface area contributed by atoms with Crippen molar-refractivity contribution in [1.82, 2.24) is 24.9 Å². The van der Waals surface area contributed by atoms with Crippen molar-refractivity contribution in [3.05, 3.63) is 0 Å². The number of likely N-dealkylation sites (tertiary alicyclic amines) is 2. The van der Waals surface area contributed by atoms with Gasteiger partial charge < -0.3 is 20.0 Å². The van der Waals surface area contributed by atoms with E-state index in [-0.39, 0.29) is 24.0 Å². The summed E-state index contributed by atoms with van der Waals surface area (Å²) in [5, 5.41) is 3.56. The number of halogens is 1. The second-order valence-corrected chi connectivity index (χ2v) is 9.50. The van der Waals surface area contributed by atoms with Crippen molar-refractivity contribution in [3.63, 3.8) is 0 Å². The molecular formula is C24H47IN6O. The maximum absolute atomic E-state index is 12.7. The predicted molar refractivity (Wildman–Crippen MR) is 144 cm³/mol. The number of hydrogen-bond donors (Lipinski definition) is 1. The molecule has 1 N–H and O–H groups in total. The summed E-state index contributed by atoms with van der Waals surface area (Å²) < 4.78 is 0. The first-order valence-corrected chi connectivity index (χ1v) is 12.9. The Morgan fingerprint density at radius 1 is 0.719 bits per heavy atom. The van der Waals surface area contributed by atoms with Crippen LogP contribution in [-0.2, 0) is 4.79 Å². The van der Waals surface area contributed by atoms with E-state index in [2.05, 4.69) is 29.9 Å². The molecule has 3 rings (SSSR count). The molecule has 3 heterocycles. The van der Waals surface area contributed by atoms with E-state index >= 15 is 0 Å². The zero-order valence-electron chi connectivity index (χ0n) is 20.4. The molecule has 3 saturated heterocycles. The molecule has 3 fully saturated rings. The number of unbranched alkanes of at least 4 members (excludes halogenated alkanes) is 2. The van der Waals surface area contributed by atoms with E-state index in [4.69, 9.17) is 0 Å². The second kappa shape index (κ2) is 16.1. The molecule has 0 atom stereocenters. The Labute approximate surface area is 213 Å². The van der Waals surface area contributed by atoms with Crippen LogP contribution in [0.3, 0.4) is 0 Å². The van der Waals surface area contributed by atoms with Crippen molar-refractivity contribution in [3.8, 4) is 0 Å². The van der Waals surface area contributed by atoms with Crippen LogP contribution in [-0.4, -0.2) is 111 Å².